The van der Waals surface area contributed by atoms with Crippen LogP contribution in [0, 0.1) is 5.92 Å². The largest absolute Gasteiger partial charge is 0.504 e. The Morgan fingerprint density at radius 1 is 1.22 bits per heavy atom. The minimum absolute atomic E-state index is 0.0384. The van der Waals surface area contributed by atoms with Gasteiger partial charge in [-0.25, -0.2) is 0 Å². The molecule has 7 rings (SSSR count). The molecule has 3 N–H and O–H groups in total. The molecule has 1 aromatic carbocycles. The van der Waals surface area contributed by atoms with E-state index in [0.717, 1.165) is 43.0 Å². The first-order valence-electron chi connectivity index (χ1n) is 11.8. The van der Waals surface area contributed by atoms with Gasteiger partial charge in [0.15, 0.2) is 11.5 Å². The third-order valence-corrected chi connectivity index (χ3v) is 8.86. The number of hydrogen-bond donors (Lipinski definition) is 3. The average molecular weight is 437 g/mol. The Bertz CT molecular complexity index is 1100. The van der Waals surface area contributed by atoms with Crippen LogP contribution in [0.1, 0.15) is 53.6 Å². The van der Waals surface area contributed by atoms with Crippen molar-refractivity contribution in [3.63, 3.8) is 0 Å². The van der Waals surface area contributed by atoms with Crippen LogP contribution in [0.5, 0.6) is 11.5 Å². The Kier molecular flexibility index (Phi) is 3.74. The fourth-order valence-corrected chi connectivity index (χ4v) is 7.27. The van der Waals surface area contributed by atoms with Gasteiger partial charge in [0.2, 0.25) is 0 Å². The van der Waals surface area contributed by atoms with Gasteiger partial charge in [0.1, 0.15) is 12.4 Å². The lowest BCUT2D eigenvalue weighted by atomic mass is 9.48. The van der Waals surface area contributed by atoms with Crippen molar-refractivity contribution in [1.29, 1.82) is 0 Å². The summed E-state index contributed by atoms with van der Waals surface area (Å²) in [6, 6.07) is 5.14. The zero-order valence-corrected chi connectivity index (χ0v) is 17.9. The molecule has 1 spiro atoms. The van der Waals surface area contributed by atoms with Gasteiger partial charge in [-0.3, -0.25) is 9.69 Å². The molecule has 2 bridgehead atoms. The Morgan fingerprint density at radius 3 is 2.88 bits per heavy atom. The summed E-state index contributed by atoms with van der Waals surface area (Å²) >= 11 is 0. The molecule has 5 atom stereocenters. The molecule has 7 nitrogen and oxygen atoms in total. The summed E-state index contributed by atoms with van der Waals surface area (Å²) in [6.07, 6.45) is 7.85. The van der Waals surface area contributed by atoms with Gasteiger partial charge in [0.25, 0.3) is 5.91 Å². The smallest absolute Gasteiger partial charge is 0.254 e. The quantitative estimate of drug-likeness (QED) is 0.681. The molecule has 2 aromatic rings. The number of hydrogen-bond acceptors (Lipinski definition) is 6. The maximum atomic E-state index is 12.8. The van der Waals surface area contributed by atoms with Gasteiger partial charge < -0.3 is 24.7 Å². The van der Waals surface area contributed by atoms with Gasteiger partial charge in [-0.2, -0.15) is 0 Å². The van der Waals surface area contributed by atoms with Gasteiger partial charge in [-0.1, -0.05) is 6.07 Å². The molecule has 3 fully saturated rings. The zero-order valence-electron chi connectivity index (χ0n) is 17.9. The van der Waals surface area contributed by atoms with E-state index in [2.05, 4.69) is 10.2 Å². The number of aliphatic hydroxyl groups is 1. The van der Waals surface area contributed by atoms with Crippen molar-refractivity contribution in [1.82, 2.24) is 10.2 Å². The van der Waals surface area contributed by atoms with Crippen LogP contribution in [0.2, 0.25) is 0 Å². The summed E-state index contributed by atoms with van der Waals surface area (Å²) in [5.41, 5.74) is 1.06. The maximum absolute atomic E-state index is 12.8. The van der Waals surface area contributed by atoms with Crippen LogP contribution in [-0.4, -0.2) is 57.9 Å². The number of furan rings is 1. The molecule has 1 aromatic heterocycles. The standard InChI is InChI=1S/C25H28N2O5/c28-18-4-3-15-11-19-25(30)7-5-17(26-23(29)16-6-10-31-13-16)22-24(25,20(15)21(18)32-22)8-9-27(19)12-14-1-2-14/h3-4,6,10,13-14,17,19,22,28,30H,1-2,5,7-9,11-12H2,(H,26,29)/t17-,19-,22+,24+,25-/m1/s1. The van der Waals surface area contributed by atoms with E-state index in [1.54, 1.807) is 12.1 Å². The first-order chi connectivity index (χ1) is 15.5. The van der Waals surface area contributed by atoms with E-state index < -0.39 is 17.1 Å². The van der Waals surface area contributed by atoms with Gasteiger partial charge in [-0.05, 0) is 68.7 Å². The molecule has 3 heterocycles. The average Bonchev–Trinajstić information content (AvgIpc) is 3.27. The Balaban J connectivity index is 1.32. The molecule has 0 unspecified atom stereocenters. The number of piperidine rings is 1. The lowest BCUT2D eigenvalue weighted by Crippen LogP contribution is -2.78. The summed E-state index contributed by atoms with van der Waals surface area (Å²) in [5.74, 6) is 1.18. The minimum atomic E-state index is -0.937. The predicted molar refractivity (Wildman–Crippen MR) is 115 cm³/mol. The number of carbonyl (C=O) groups is 1. The second kappa shape index (κ2) is 6.29. The number of phenolic OH excluding ortho intramolecular Hbond substituents is 1. The molecular formula is C25H28N2O5. The van der Waals surface area contributed by atoms with Crippen LogP contribution in [0.4, 0.5) is 0 Å². The van der Waals surface area contributed by atoms with Crippen molar-refractivity contribution in [3.05, 3.63) is 47.4 Å². The number of phenols is 1. The van der Waals surface area contributed by atoms with E-state index >= 15 is 0 Å². The molecule has 2 saturated carbocycles. The lowest BCUT2D eigenvalue weighted by Gasteiger charge is -2.64. The molecule has 7 heteroatoms. The number of rotatable bonds is 4. The summed E-state index contributed by atoms with van der Waals surface area (Å²) in [5, 5.41) is 26.2. The molecule has 168 valence electrons. The van der Waals surface area contributed by atoms with Gasteiger partial charge in [-0.15, -0.1) is 0 Å². The van der Waals surface area contributed by atoms with Crippen molar-refractivity contribution in [2.24, 2.45) is 5.92 Å². The van der Waals surface area contributed by atoms with Gasteiger partial charge >= 0.3 is 0 Å². The van der Waals surface area contributed by atoms with Crippen LogP contribution >= 0.6 is 0 Å². The molecular weight excluding hydrogens is 408 g/mol. The van der Waals surface area contributed by atoms with E-state index in [9.17, 15) is 15.0 Å². The fraction of sp³-hybridized carbons (Fsp3) is 0.560. The molecule has 2 aliphatic heterocycles. The SMILES string of the molecule is O=C(N[C@@H]1CC[C@@]2(O)[C@H]3Cc4ccc(O)c5c4[C@@]2(CCN3CC2CC2)[C@H]1O5)c1ccoc1. The van der Waals surface area contributed by atoms with Crippen molar-refractivity contribution < 1.29 is 24.2 Å². The van der Waals surface area contributed by atoms with Crippen LogP contribution in [0.15, 0.2) is 35.1 Å². The van der Waals surface area contributed by atoms with Crippen LogP contribution < -0.4 is 10.1 Å². The first kappa shape index (κ1) is 19.0. The van der Waals surface area contributed by atoms with Crippen molar-refractivity contribution >= 4 is 5.91 Å². The fourth-order valence-electron chi connectivity index (χ4n) is 7.27. The van der Waals surface area contributed by atoms with Crippen molar-refractivity contribution in [2.45, 2.75) is 67.7 Å². The van der Waals surface area contributed by atoms with E-state index in [1.807, 2.05) is 6.07 Å². The zero-order chi connectivity index (χ0) is 21.7. The van der Waals surface area contributed by atoms with Gasteiger partial charge in [0.05, 0.1) is 28.9 Å². The summed E-state index contributed by atoms with van der Waals surface area (Å²) in [6.45, 7) is 1.95. The van der Waals surface area contributed by atoms with Gasteiger partial charge in [0, 0.05) is 18.2 Å². The number of carbonyl (C=O) groups excluding carboxylic acids is 1. The molecule has 0 radical (unpaired) electrons. The summed E-state index contributed by atoms with van der Waals surface area (Å²) in [4.78, 5) is 15.4. The van der Waals surface area contributed by atoms with E-state index in [4.69, 9.17) is 9.15 Å². The number of benzene rings is 1. The number of nitrogens with zero attached hydrogens (tertiary/aromatic N) is 1. The summed E-state index contributed by atoms with van der Waals surface area (Å²) < 4.78 is 11.5. The second-order valence-electron chi connectivity index (χ2n) is 10.4. The summed E-state index contributed by atoms with van der Waals surface area (Å²) in [7, 11) is 0. The first-order valence-corrected chi connectivity index (χ1v) is 11.8. The van der Waals surface area contributed by atoms with Crippen LogP contribution in [0.3, 0.4) is 0 Å². The topological polar surface area (TPSA) is 95.2 Å². The molecule has 1 amide bonds. The van der Waals surface area contributed by atoms with E-state index in [0.29, 0.717) is 24.2 Å². The lowest BCUT2D eigenvalue weighted by molar-refractivity contribution is -0.191. The van der Waals surface area contributed by atoms with Crippen LogP contribution in [0.25, 0.3) is 0 Å². The normalized spacial score (nSPS) is 37.0. The number of likely N-dealkylation sites (tertiary alicyclic amines) is 1. The molecule has 1 saturated heterocycles. The highest BCUT2D eigenvalue weighted by Gasteiger charge is 2.73. The number of nitrogens with one attached hydrogen (secondary N) is 1. The van der Waals surface area contributed by atoms with Crippen molar-refractivity contribution in [3.8, 4) is 11.5 Å². The molecule has 5 aliphatic rings. The van der Waals surface area contributed by atoms with E-state index in [1.165, 1.54) is 25.4 Å². The Morgan fingerprint density at radius 2 is 2.09 bits per heavy atom. The highest BCUT2D eigenvalue weighted by atomic mass is 16.5. The second-order valence-corrected chi connectivity index (χ2v) is 10.4. The van der Waals surface area contributed by atoms with E-state index in [-0.39, 0.29) is 23.7 Å². The number of amides is 1. The third kappa shape index (κ3) is 2.30. The van der Waals surface area contributed by atoms with Crippen molar-refractivity contribution in [2.75, 3.05) is 13.1 Å². The Labute approximate surface area is 186 Å². The number of ether oxygens (including phenoxy) is 1. The van der Waals surface area contributed by atoms with Crippen LogP contribution in [-0.2, 0) is 11.8 Å². The maximum Gasteiger partial charge on any atom is 0.254 e. The third-order valence-electron chi connectivity index (χ3n) is 8.86. The monoisotopic (exact) mass is 436 g/mol. The Hall–Kier alpha value is -2.51. The number of aromatic hydroxyl groups is 1. The molecule has 32 heavy (non-hydrogen) atoms. The molecule has 3 aliphatic carbocycles. The predicted octanol–water partition coefficient (Wildman–Crippen LogP) is 2.35. The highest BCUT2D eigenvalue weighted by molar-refractivity contribution is 5.94. The highest BCUT2D eigenvalue weighted by Crippen LogP contribution is 2.65. The minimum Gasteiger partial charge on any atom is -0.504 e.